The van der Waals surface area contributed by atoms with E-state index in [0.717, 1.165) is 44.8 Å². The first-order valence-corrected chi connectivity index (χ1v) is 12.8. The molecule has 5 aromatic rings. The summed E-state index contributed by atoms with van der Waals surface area (Å²) < 4.78 is 11.6. The molecule has 2 N–H and O–H groups in total. The second-order valence-corrected chi connectivity index (χ2v) is 9.18. The van der Waals surface area contributed by atoms with Crippen LogP contribution in [0.4, 0.5) is 0 Å². The average molecular weight is 506 g/mol. The van der Waals surface area contributed by atoms with Crippen molar-refractivity contribution < 1.29 is 14.3 Å². The molecule has 0 bridgehead atoms. The quantitative estimate of drug-likeness (QED) is 0.230. The summed E-state index contributed by atoms with van der Waals surface area (Å²) >= 11 is 0. The number of fused-ring (bicyclic) bond motifs is 1. The van der Waals surface area contributed by atoms with Crippen LogP contribution in [0.2, 0.25) is 0 Å². The number of rotatable bonds is 11. The molecule has 38 heavy (non-hydrogen) atoms. The van der Waals surface area contributed by atoms with Crippen molar-refractivity contribution in [3.8, 4) is 11.5 Å². The van der Waals surface area contributed by atoms with Crippen molar-refractivity contribution in [3.05, 3.63) is 126 Å². The number of benzene rings is 3. The van der Waals surface area contributed by atoms with Crippen molar-refractivity contribution in [3.63, 3.8) is 0 Å². The highest BCUT2D eigenvalue weighted by atomic mass is 16.5. The smallest absolute Gasteiger partial charge is 0.220 e. The van der Waals surface area contributed by atoms with Crippen LogP contribution in [0, 0.1) is 0 Å². The van der Waals surface area contributed by atoms with Gasteiger partial charge in [0, 0.05) is 54.3 Å². The van der Waals surface area contributed by atoms with Crippen LogP contribution in [0.5, 0.6) is 11.5 Å². The highest BCUT2D eigenvalue weighted by molar-refractivity contribution is 5.87. The van der Waals surface area contributed by atoms with E-state index in [0.29, 0.717) is 26.0 Å². The minimum absolute atomic E-state index is 0.0150. The predicted molar refractivity (Wildman–Crippen MR) is 149 cm³/mol. The molecular weight excluding hydrogens is 474 g/mol. The summed E-state index contributed by atoms with van der Waals surface area (Å²) in [6, 6.07) is 29.9. The molecule has 2 heterocycles. The average Bonchev–Trinajstić information content (AvgIpc) is 3.39. The molecule has 1 amide bonds. The number of ether oxygens (including phenoxy) is 2. The number of carbonyl (C=O) groups excluding carboxylic acids is 1. The molecule has 0 unspecified atom stereocenters. The highest BCUT2D eigenvalue weighted by Crippen LogP contribution is 2.36. The van der Waals surface area contributed by atoms with Crippen LogP contribution in [0.3, 0.4) is 0 Å². The summed E-state index contributed by atoms with van der Waals surface area (Å²) in [5, 5.41) is 4.11. The molecule has 0 saturated heterocycles. The van der Waals surface area contributed by atoms with Gasteiger partial charge in [0.1, 0.15) is 18.1 Å². The van der Waals surface area contributed by atoms with E-state index in [1.807, 2.05) is 91.1 Å². The Morgan fingerprint density at radius 2 is 1.82 bits per heavy atom. The zero-order valence-corrected chi connectivity index (χ0v) is 21.4. The molecule has 0 aliphatic rings. The topological polar surface area (TPSA) is 76.2 Å². The Morgan fingerprint density at radius 3 is 2.63 bits per heavy atom. The van der Waals surface area contributed by atoms with Crippen LogP contribution in [0.15, 0.2) is 103 Å². The zero-order valence-electron chi connectivity index (χ0n) is 21.4. The number of pyridine rings is 1. The van der Waals surface area contributed by atoms with Crippen molar-refractivity contribution in [1.82, 2.24) is 15.3 Å². The number of methoxy groups -OCH3 is 1. The van der Waals surface area contributed by atoms with Gasteiger partial charge in [0.2, 0.25) is 5.91 Å². The van der Waals surface area contributed by atoms with Crippen molar-refractivity contribution >= 4 is 16.8 Å². The van der Waals surface area contributed by atoms with Crippen molar-refractivity contribution in [2.75, 3.05) is 13.7 Å². The molecule has 6 heteroatoms. The van der Waals surface area contributed by atoms with E-state index in [2.05, 4.69) is 21.4 Å². The second kappa shape index (κ2) is 12.1. The van der Waals surface area contributed by atoms with E-state index in [9.17, 15) is 4.79 Å². The third kappa shape index (κ3) is 6.21. The van der Waals surface area contributed by atoms with Gasteiger partial charge in [-0.1, -0.05) is 48.5 Å². The van der Waals surface area contributed by atoms with Gasteiger partial charge in [0.15, 0.2) is 0 Å². The summed E-state index contributed by atoms with van der Waals surface area (Å²) in [4.78, 5) is 20.9. The summed E-state index contributed by atoms with van der Waals surface area (Å²) in [5.74, 6) is 1.35. The van der Waals surface area contributed by atoms with Crippen LogP contribution in [0.1, 0.15) is 34.7 Å². The first-order chi connectivity index (χ1) is 18.7. The fraction of sp³-hybridized carbons (Fsp3) is 0.188. The molecule has 0 aliphatic heterocycles. The number of aromatic amines is 1. The number of carbonyl (C=O) groups is 1. The third-order valence-corrected chi connectivity index (χ3v) is 6.62. The van der Waals surface area contributed by atoms with Crippen LogP contribution < -0.4 is 14.8 Å². The van der Waals surface area contributed by atoms with Crippen molar-refractivity contribution in [2.45, 2.75) is 25.4 Å². The van der Waals surface area contributed by atoms with Gasteiger partial charge in [-0.05, 0) is 59.2 Å². The number of nitrogens with zero attached hydrogens (tertiary/aromatic N) is 1. The maximum atomic E-state index is 13.2. The lowest BCUT2D eigenvalue weighted by Crippen LogP contribution is -2.27. The van der Waals surface area contributed by atoms with Crippen LogP contribution in [0.25, 0.3) is 10.9 Å². The Kier molecular flexibility index (Phi) is 7.99. The van der Waals surface area contributed by atoms with E-state index < -0.39 is 0 Å². The van der Waals surface area contributed by atoms with Crippen molar-refractivity contribution in [2.24, 2.45) is 0 Å². The minimum Gasteiger partial charge on any atom is -0.497 e. The molecular formula is C32H31N3O3. The van der Waals surface area contributed by atoms with E-state index in [1.54, 1.807) is 13.3 Å². The van der Waals surface area contributed by atoms with Gasteiger partial charge in [-0.3, -0.25) is 9.78 Å². The molecule has 0 radical (unpaired) electrons. The molecule has 5 rings (SSSR count). The number of nitrogens with one attached hydrogen (secondary N) is 2. The van der Waals surface area contributed by atoms with Gasteiger partial charge in [-0.15, -0.1) is 0 Å². The number of aromatic nitrogens is 2. The minimum atomic E-state index is -0.175. The molecule has 3 aromatic carbocycles. The van der Waals surface area contributed by atoms with E-state index in [4.69, 9.17) is 9.47 Å². The van der Waals surface area contributed by atoms with Gasteiger partial charge in [-0.2, -0.15) is 0 Å². The Balaban J connectivity index is 1.39. The predicted octanol–water partition coefficient (Wildman–Crippen LogP) is 6.03. The molecule has 192 valence electrons. The molecule has 6 nitrogen and oxygen atoms in total. The third-order valence-electron chi connectivity index (χ3n) is 6.62. The monoisotopic (exact) mass is 505 g/mol. The lowest BCUT2D eigenvalue weighted by Gasteiger charge is -2.19. The van der Waals surface area contributed by atoms with Gasteiger partial charge in [0.05, 0.1) is 7.11 Å². The first kappa shape index (κ1) is 25.1. The summed E-state index contributed by atoms with van der Waals surface area (Å²) in [6.07, 6.45) is 4.75. The lowest BCUT2D eigenvalue weighted by atomic mass is 9.87. The van der Waals surface area contributed by atoms with E-state index in [-0.39, 0.29) is 11.8 Å². The Labute approximate surface area is 222 Å². The van der Waals surface area contributed by atoms with Crippen LogP contribution in [-0.4, -0.2) is 29.5 Å². The van der Waals surface area contributed by atoms with Crippen LogP contribution >= 0.6 is 0 Å². The largest absolute Gasteiger partial charge is 0.497 e. The number of amides is 1. The Bertz CT molecular complexity index is 1480. The molecule has 0 aliphatic carbocycles. The van der Waals surface area contributed by atoms with Gasteiger partial charge in [-0.25, -0.2) is 0 Å². The van der Waals surface area contributed by atoms with E-state index >= 15 is 0 Å². The van der Waals surface area contributed by atoms with Gasteiger partial charge in [0.25, 0.3) is 0 Å². The highest BCUT2D eigenvalue weighted by Gasteiger charge is 2.22. The standard InChI is InChI=1S/C32H31N3O3/c1-37-26-13-14-31-29(19-26)30(21-35-31)28(20-32(36)34-17-15-25-11-5-6-16-33-25)24-10-7-12-27(18-24)38-22-23-8-3-2-4-9-23/h2-14,16,18-19,21,28,35H,15,17,20,22H2,1H3,(H,34,36)/t28-/m0/s1. The molecule has 2 aromatic heterocycles. The number of hydrogen-bond acceptors (Lipinski definition) is 4. The molecule has 1 atom stereocenters. The maximum Gasteiger partial charge on any atom is 0.220 e. The fourth-order valence-corrected chi connectivity index (χ4v) is 4.64. The number of H-pyrrole nitrogens is 1. The lowest BCUT2D eigenvalue weighted by molar-refractivity contribution is -0.121. The zero-order chi connectivity index (χ0) is 26.2. The van der Waals surface area contributed by atoms with Gasteiger partial charge < -0.3 is 19.8 Å². The molecule has 0 spiro atoms. The van der Waals surface area contributed by atoms with Crippen molar-refractivity contribution in [1.29, 1.82) is 0 Å². The number of hydrogen-bond donors (Lipinski definition) is 2. The Hall–Kier alpha value is -4.58. The fourth-order valence-electron chi connectivity index (χ4n) is 4.64. The van der Waals surface area contributed by atoms with E-state index in [1.165, 1.54) is 0 Å². The second-order valence-electron chi connectivity index (χ2n) is 9.18. The SMILES string of the molecule is COc1ccc2[nH]cc([C@@H](CC(=O)NCCc3ccccn3)c3cccc(OCc4ccccc4)c3)c2c1. The molecule has 0 fully saturated rings. The summed E-state index contributed by atoms with van der Waals surface area (Å²) in [6.45, 7) is 1.01. The maximum absolute atomic E-state index is 13.2. The van der Waals surface area contributed by atoms with Gasteiger partial charge >= 0.3 is 0 Å². The van der Waals surface area contributed by atoms with Crippen LogP contribution in [-0.2, 0) is 17.8 Å². The summed E-state index contributed by atoms with van der Waals surface area (Å²) in [5.41, 5.74) is 5.11. The Morgan fingerprint density at radius 1 is 0.947 bits per heavy atom. The first-order valence-electron chi connectivity index (χ1n) is 12.8. The molecule has 0 saturated carbocycles. The summed E-state index contributed by atoms with van der Waals surface area (Å²) in [7, 11) is 1.66. The normalized spacial score (nSPS) is 11.7.